The number of anilines is 2. The van der Waals surface area contributed by atoms with Crippen LogP contribution < -0.4 is 10.2 Å². The van der Waals surface area contributed by atoms with Crippen molar-refractivity contribution in [3.8, 4) is 0 Å². The van der Waals surface area contributed by atoms with Crippen LogP contribution in [0.15, 0.2) is 75.9 Å². The molecule has 1 unspecified atom stereocenters. The maximum atomic E-state index is 13.8. The first-order valence-corrected chi connectivity index (χ1v) is 11.3. The summed E-state index contributed by atoms with van der Waals surface area (Å²) in [7, 11) is 1.90. The van der Waals surface area contributed by atoms with Crippen molar-refractivity contribution in [3.05, 3.63) is 77.1 Å². The SMILES string of the molecule is CC[C@]1(c2cccc(N(C)c3ccnc(F)c3)c2)C2=CN=NC2NC2=C1C(=O)CC(C)(C)C2. The van der Waals surface area contributed by atoms with E-state index in [2.05, 4.69) is 53.4 Å². The number of allylic oxidation sites excluding steroid dienone is 2. The highest BCUT2D eigenvalue weighted by Gasteiger charge is 2.53. The molecule has 1 N–H and O–H groups in total. The van der Waals surface area contributed by atoms with Crippen LogP contribution in [0.3, 0.4) is 0 Å². The van der Waals surface area contributed by atoms with Gasteiger partial charge in [-0.1, -0.05) is 32.9 Å². The lowest BCUT2D eigenvalue weighted by molar-refractivity contribution is -0.119. The van der Waals surface area contributed by atoms with E-state index in [9.17, 15) is 9.18 Å². The number of Topliss-reactive ketones (excluding diaryl/α,β-unsaturated/α-hetero) is 1. The maximum Gasteiger partial charge on any atom is 0.214 e. The van der Waals surface area contributed by atoms with E-state index in [1.807, 2.05) is 30.3 Å². The van der Waals surface area contributed by atoms with Crippen molar-refractivity contribution in [2.24, 2.45) is 15.6 Å². The number of hydrogen-bond acceptors (Lipinski definition) is 6. The first-order chi connectivity index (χ1) is 15.7. The van der Waals surface area contributed by atoms with E-state index in [0.717, 1.165) is 34.5 Å². The third-order valence-corrected chi connectivity index (χ3v) is 7.13. The Bertz CT molecular complexity index is 1230. The van der Waals surface area contributed by atoms with Gasteiger partial charge < -0.3 is 10.2 Å². The molecule has 7 heteroatoms. The number of rotatable bonds is 4. The molecule has 0 saturated heterocycles. The van der Waals surface area contributed by atoms with Gasteiger partial charge in [0.1, 0.15) is 0 Å². The topological polar surface area (TPSA) is 70.0 Å². The van der Waals surface area contributed by atoms with Crippen molar-refractivity contribution >= 4 is 17.2 Å². The molecule has 1 aromatic heterocycles. The Hall–Kier alpha value is -3.35. The summed E-state index contributed by atoms with van der Waals surface area (Å²) < 4.78 is 13.8. The maximum absolute atomic E-state index is 13.8. The Morgan fingerprint density at radius 3 is 2.73 bits per heavy atom. The predicted octanol–water partition coefficient (Wildman–Crippen LogP) is 5.56. The van der Waals surface area contributed by atoms with E-state index in [0.29, 0.717) is 18.5 Å². The molecule has 2 aromatic rings. The predicted molar refractivity (Wildman–Crippen MR) is 126 cm³/mol. The van der Waals surface area contributed by atoms with Crippen molar-refractivity contribution in [1.82, 2.24) is 10.3 Å². The first-order valence-electron chi connectivity index (χ1n) is 11.3. The highest BCUT2D eigenvalue weighted by Crippen LogP contribution is 2.54. The van der Waals surface area contributed by atoms with Crippen LogP contribution in [0.25, 0.3) is 0 Å². The first kappa shape index (κ1) is 21.5. The lowest BCUT2D eigenvalue weighted by Gasteiger charge is -2.48. The molecule has 0 bridgehead atoms. The van der Waals surface area contributed by atoms with Gasteiger partial charge in [-0.2, -0.15) is 14.6 Å². The van der Waals surface area contributed by atoms with Gasteiger partial charge in [0.05, 0.1) is 11.6 Å². The van der Waals surface area contributed by atoms with Crippen LogP contribution in [0.5, 0.6) is 0 Å². The molecule has 170 valence electrons. The lowest BCUT2D eigenvalue weighted by Crippen LogP contribution is -2.51. The number of nitrogens with one attached hydrogen (secondary N) is 1. The van der Waals surface area contributed by atoms with Gasteiger partial charge in [-0.15, -0.1) is 0 Å². The number of aromatic nitrogens is 1. The summed E-state index contributed by atoms with van der Waals surface area (Å²) >= 11 is 0. The molecule has 2 atom stereocenters. The van der Waals surface area contributed by atoms with Crippen LogP contribution in [0, 0.1) is 11.4 Å². The second-order valence-corrected chi connectivity index (χ2v) is 9.86. The van der Waals surface area contributed by atoms with Gasteiger partial charge in [0, 0.05) is 53.9 Å². The van der Waals surface area contributed by atoms with Gasteiger partial charge in [-0.25, -0.2) is 4.98 Å². The molecule has 0 fully saturated rings. The molecule has 2 aliphatic heterocycles. The van der Waals surface area contributed by atoms with E-state index in [1.54, 1.807) is 6.07 Å². The largest absolute Gasteiger partial charge is 0.362 e. The number of azo groups is 1. The van der Waals surface area contributed by atoms with Gasteiger partial charge in [0.2, 0.25) is 5.95 Å². The average molecular weight is 446 g/mol. The fourth-order valence-electron chi connectivity index (χ4n) is 5.62. The van der Waals surface area contributed by atoms with Crippen molar-refractivity contribution in [1.29, 1.82) is 0 Å². The molecule has 5 rings (SSSR count). The number of pyridine rings is 1. The monoisotopic (exact) mass is 445 g/mol. The Kier molecular flexibility index (Phi) is 4.96. The zero-order valence-corrected chi connectivity index (χ0v) is 19.4. The molecular weight excluding hydrogens is 417 g/mol. The fraction of sp³-hybridized carbons (Fsp3) is 0.385. The number of carbonyl (C=O) groups is 1. The molecule has 0 radical (unpaired) electrons. The zero-order chi connectivity index (χ0) is 23.4. The molecule has 1 aliphatic carbocycles. The molecule has 1 aromatic carbocycles. The fourth-order valence-corrected chi connectivity index (χ4v) is 5.62. The van der Waals surface area contributed by atoms with Crippen molar-refractivity contribution in [3.63, 3.8) is 0 Å². The number of halogens is 1. The molecule has 0 spiro atoms. The number of carbonyl (C=O) groups excluding carboxylic acids is 1. The smallest absolute Gasteiger partial charge is 0.214 e. The standard InChI is InChI=1S/C26H28FN5O/c1-5-26(16-7-6-8-17(11-16)32(4)18-9-10-28-22(27)12-18)19-15-29-31-24(19)30-20-13-25(2,3)14-21(33)23(20)26/h6-12,15,24,30H,5,13-14H2,1-4H3/t24?,26-/m0/s1. The Balaban J connectivity index is 1.67. The average Bonchev–Trinajstić information content (AvgIpc) is 3.25. The molecule has 3 heterocycles. The van der Waals surface area contributed by atoms with Crippen LogP contribution in [-0.4, -0.2) is 24.0 Å². The van der Waals surface area contributed by atoms with Crippen LogP contribution in [0.1, 0.15) is 45.6 Å². The Labute approximate surface area is 193 Å². The van der Waals surface area contributed by atoms with Crippen LogP contribution in [0.4, 0.5) is 15.8 Å². The van der Waals surface area contributed by atoms with E-state index in [4.69, 9.17) is 0 Å². The quantitative estimate of drug-likeness (QED) is 0.626. The van der Waals surface area contributed by atoms with E-state index in [-0.39, 0.29) is 17.4 Å². The number of fused-ring (bicyclic) bond motifs is 1. The Morgan fingerprint density at radius 2 is 1.97 bits per heavy atom. The third-order valence-electron chi connectivity index (χ3n) is 7.13. The second kappa shape index (κ2) is 7.61. The van der Waals surface area contributed by atoms with E-state index < -0.39 is 11.4 Å². The van der Waals surface area contributed by atoms with Gasteiger partial charge in [0.25, 0.3) is 0 Å². The molecule has 33 heavy (non-hydrogen) atoms. The number of benzene rings is 1. The Morgan fingerprint density at radius 1 is 1.18 bits per heavy atom. The molecule has 6 nitrogen and oxygen atoms in total. The second-order valence-electron chi connectivity index (χ2n) is 9.86. The van der Waals surface area contributed by atoms with Crippen molar-refractivity contribution in [2.45, 2.75) is 51.6 Å². The summed E-state index contributed by atoms with van der Waals surface area (Å²) in [6.45, 7) is 6.39. The normalized spacial score (nSPS) is 25.3. The summed E-state index contributed by atoms with van der Waals surface area (Å²) in [5.74, 6) is -0.344. The highest BCUT2D eigenvalue weighted by atomic mass is 19.1. The van der Waals surface area contributed by atoms with E-state index >= 15 is 0 Å². The summed E-state index contributed by atoms with van der Waals surface area (Å²) in [5.41, 5.74) is 4.74. The highest BCUT2D eigenvalue weighted by molar-refractivity contribution is 6.01. The van der Waals surface area contributed by atoms with Crippen LogP contribution in [-0.2, 0) is 10.2 Å². The minimum absolute atomic E-state index is 0.104. The summed E-state index contributed by atoms with van der Waals surface area (Å²) in [6.07, 6.45) is 5.03. The van der Waals surface area contributed by atoms with Gasteiger partial charge in [-0.05, 0) is 42.0 Å². The summed E-state index contributed by atoms with van der Waals surface area (Å²) in [5, 5.41) is 12.2. The number of nitrogens with zero attached hydrogens (tertiary/aromatic N) is 4. The van der Waals surface area contributed by atoms with Gasteiger partial charge >= 0.3 is 0 Å². The van der Waals surface area contributed by atoms with Crippen molar-refractivity contribution < 1.29 is 9.18 Å². The number of ketones is 1. The molecule has 0 saturated carbocycles. The molecular formula is C26H28FN5O. The number of hydrogen-bond donors (Lipinski definition) is 1. The summed E-state index contributed by atoms with van der Waals surface area (Å²) in [4.78, 5) is 19.2. The molecule has 3 aliphatic rings. The zero-order valence-electron chi connectivity index (χ0n) is 19.4. The van der Waals surface area contributed by atoms with Crippen LogP contribution >= 0.6 is 0 Å². The minimum Gasteiger partial charge on any atom is -0.362 e. The van der Waals surface area contributed by atoms with Gasteiger partial charge in [0.15, 0.2) is 11.9 Å². The van der Waals surface area contributed by atoms with Crippen LogP contribution in [0.2, 0.25) is 0 Å². The summed E-state index contributed by atoms with van der Waals surface area (Å²) in [6, 6.07) is 11.3. The third kappa shape index (κ3) is 3.37. The lowest BCUT2D eigenvalue weighted by atomic mass is 9.59. The van der Waals surface area contributed by atoms with E-state index in [1.165, 1.54) is 12.3 Å². The van der Waals surface area contributed by atoms with Gasteiger partial charge in [-0.3, -0.25) is 4.79 Å². The van der Waals surface area contributed by atoms with Crippen molar-refractivity contribution in [2.75, 3.05) is 11.9 Å². The molecule has 0 amide bonds. The minimum atomic E-state index is -0.608.